The summed E-state index contributed by atoms with van der Waals surface area (Å²) in [5.41, 5.74) is -0.0953. The van der Waals surface area contributed by atoms with Crippen LogP contribution in [0.2, 0.25) is 0 Å². The predicted octanol–water partition coefficient (Wildman–Crippen LogP) is 0.585. The molecular weight excluding hydrogens is 188 g/mol. The van der Waals surface area contributed by atoms with Crippen LogP contribution in [0.5, 0.6) is 0 Å². The van der Waals surface area contributed by atoms with Gasteiger partial charge in [-0.25, -0.2) is 9.78 Å². The van der Waals surface area contributed by atoms with Gasteiger partial charge in [0.1, 0.15) is 6.61 Å². The van der Waals surface area contributed by atoms with Crippen LogP contribution in [0.4, 0.5) is 5.88 Å². The van der Waals surface area contributed by atoms with Gasteiger partial charge in [0.15, 0.2) is 0 Å². The number of ether oxygens (including phenoxy) is 1. The number of rotatable bonds is 4. The molecule has 1 N–H and O–H groups in total. The molecule has 0 bridgehead atoms. The van der Waals surface area contributed by atoms with Gasteiger partial charge >= 0.3 is 5.97 Å². The Morgan fingerprint density at radius 3 is 2.64 bits per heavy atom. The summed E-state index contributed by atoms with van der Waals surface area (Å²) in [5.74, 6) is -0.627. The molecule has 1 rings (SSSR count). The van der Waals surface area contributed by atoms with Crippen molar-refractivity contribution in [1.82, 2.24) is 4.98 Å². The predicted molar refractivity (Wildman–Crippen MR) is 48.5 cm³/mol. The van der Waals surface area contributed by atoms with Gasteiger partial charge in [-0.05, 0) is 0 Å². The van der Waals surface area contributed by atoms with Gasteiger partial charge in [-0.1, -0.05) is 0 Å². The van der Waals surface area contributed by atoms with Crippen molar-refractivity contribution in [2.24, 2.45) is 0 Å². The minimum atomic E-state index is -1.11. The molecule has 1 aromatic rings. The third-order valence-electron chi connectivity index (χ3n) is 1.53. The van der Waals surface area contributed by atoms with Crippen molar-refractivity contribution in [3.05, 3.63) is 11.6 Å². The molecule has 78 valence electrons. The van der Waals surface area contributed by atoms with Gasteiger partial charge in [-0.3, -0.25) is 0 Å². The van der Waals surface area contributed by atoms with Gasteiger partial charge in [0.2, 0.25) is 17.5 Å². The van der Waals surface area contributed by atoms with E-state index in [1.165, 1.54) is 7.11 Å². The number of anilines is 1. The zero-order chi connectivity index (χ0) is 10.7. The number of aromatic carboxylic acids is 1. The van der Waals surface area contributed by atoms with E-state index in [0.717, 1.165) is 0 Å². The molecule has 0 spiro atoms. The molecular formula is C8H12N2O4. The molecule has 0 aromatic carbocycles. The summed E-state index contributed by atoms with van der Waals surface area (Å²) in [5, 5.41) is 8.81. The molecule has 14 heavy (non-hydrogen) atoms. The maximum absolute atomic E-state index is 10.8. The molecule has 0 saturated heterocycles. The second-order valence-corrected chi connectivity index (χ2v) is 2.89. The molecule has 0 aliphatic carbocycles. The van der Waals surface area contributed by atoms with Crippen LogP contribution >= 0.6 is 0 Å². The van der Waals surface area contributed by atoms with Crippen molar-refractivity contribution in [3.8, 4) is 0 Å². The fraction of sp³-hybridized carbons (Fsp3) is 0.500. The van der Waals surface area contributed by atoms with Crippen LogP contribution in [0.1, 0.15) is 16.4 Å². The van der Waals surface area contributed by atoms with Gasteiger partial charge in [-0.2, -0.15) is 0 Å². The second-order valence-electron chi connectivity index (χ2n) is 2.89. The number of methoxy groups -OCH3 is 1. The van der Waals surface area contributed by atoms with Crippen molar-refractivity contribution in [2.75, 3.05) is 26.1 Å². The molecule has 0 amide bonds. The fourth-order valence-corrected chi connectivity index (χ4v) is 0.983. The molecule has 0 unspecified atom stereocenters. The van der Waals surface area contributed by atoms with E-state index in [9.17, 15) is 4.79 Å². The molecule has 0 saturated carbocycles. The Bertz CT molecular complexity index is 332. The molecule has 1 aromatic heterocycles. The van der Waals surface area contributed by atoms with Crippen LogP contribution in [0.15, 0.2) is 4.42 Å². The Balaban J connectivity index is 3.06. The highest BCUT2D eigenvalue weighted by Crippen LogP contribution is 2.20. The lowest BCUT2D eigenvalue weighted by molar-refractivity contribution is 0.0691. The monoisotopic (exact) mass is 200 g/mol. The van der Waals surface area contributed by atoms with E-state index < -0.39 is 5.97 Å². The summed E-state index contributed by atoms with van der Waals surface area (Å²) in [6, 6.07) is 0. The highest BCUT2D eigenvalue weighted by molar-refractivity contribution is 5.90. The van der Waals surface area contributed by atoms with Crippen LogP contribution in [0.3, 0.4) is 0 Å². The number of nitrogens with zero attached hydrogens (tertiary/aromatic N) is 2. The van der Waals surface area contributed by atoms with Crippen LogP contribution in [0, 0.1) is 0 Å². The number of carbonyl (C=O) groups is 1. The number of hydrogen-bond acceptors (Lipinski definition) is 5. The van der Waals surface area contributed by atoms with E-state index in [1.54, 1.807) is 19.0 Å². The Kier molecular flexibility index (Phi) is 3.08. The van der Waals surface area contributed by atoms with E-state index in [1.807, 2.05) is 0 Å². The van der Waals surface area contributed by atoms with Crippen molar-refractivity contribution >= 4 is 11.9 Å². The first-order valence-electron chi connectivity index (χ1n) is 3.95. The van der Waals surface area contributed by atoms with Gasteiger partial charge in [0, 0.05) is 21.2 Å². The van der Waals surface area contributed by atoms with Gasteiger partial charge in [0.25, 0.3) is 0 Å². The lowest BCUT2D eigenvalue weighted by Gasteiger charge is -2.07. The Labute approximate surface area is 81.1 Å². The summed E-state index contributed by atoms with van der Waals surface area (Å²) in [6.07, 6.45) is 0. The average Bonchev–Trinajstić information content (AvgIpc) is 2.49. The number of carboxylic acids is 1. The topological polar surface area (TPSA) is 75.8 Å². The lowest BCUT2D eigenvalue weighted by Crippen LogP contribution is -2.12. The normalized spacial score (nSPS) is 10.2. The first-order chi connectivity index (χ1) is 6.56. The maximum Gasteiger partial charge on any atom is 0.360 e. The highest BCUT2D eigenvalue weighted by atomic mass is 16.5. The van der Waals surface area contributed by atoms with Crippen LogP contribution in [-0.4, -0.2) is 37.3 Å². The van der Waals surface area contributed by atoms with E-state index in [4.69, 9.17) is 14.3 Å². The minimum Gasteiger partial charge on any atom is -0.476 e. The van der Waals surface area contributed by atoms with Gasteiger partial charge < -0.3 is 19.2 Å². The van der Waals surface area contributed by atoms with Gasteiger partial charge in [-0.15, -0.1) is 0 Å². The Morgan fingerprint density at radius 2 is 2.29 bits per heavy atom. The van der Waals surface area contributed by atoms with Gasteiger partial charge in [0.05, 0.1) is 0 Å². The Hall–Kier alpha value is -1.56. The highest BCUT2D eigenvalue weighted by Gasteiger charge is 2.20. The zero-order valence-electron chi connectivity index (χ0n) is 8.27. The number of aromatic nitrogens is 1. The molecule has 6 heteroatoms. The fourth-order valence-electron chi connectivity index (χ4n) is 0.983. The Morgan fingerprint density at radius 1 is 1.64 bits per heavy atom. The smallest absolute Gasteiger partial charge is 0.360 e. The van der Waals surface area contributed by atoms with Crippen LogP contribution < -0.4 is 4.90 Å². The van der Waals surface area contributed by atoms with Crippen LogP contribution in [0.25, 0.3) is 0 Å². The second kappa shape index (κ2) is 4.10. The zero-order valence-corrected chi connectivity index (χ0v) is 8.27. The number of hydrogen-bond donors (Lipinski definition) is 1. The summed E-state index contributed by atoms with van der Waals surface area (Å²) in [7, 11) is 4.85. The summed E-state index contributed by atoms with van der Waals surface area (Å²) < 4.78 is 9.97. The quantitative estimate of drug-likeness (QED) is 0.766. The first kappa shape index (κ1) is 10.5. The minimum absolute atomic E-state index is 0.0953. The lowest BCUT2D eigenvalue weighted by atomic mass is 10.4. The number of oxazole rings is 1. The first-order valence-corrected chi connectivity index (χ1v) is 3.95. The molecule has 0 radical (unpaired) electrons. The summed E-state index contributed by atoms with van der Waals surface area (Å²) in [4.78, 5) is 16.1. The van der Waals surface area contributed by atoms with E-state index in [-0.39, 0.29) is 24.1 Å². The van der Waals surface area contributed by atoms with Crippen molar-refractivity contribution in [2.45, 2.75) is 6.61 Å². The van der Waals surface area contributed by atoms with E-state index in [0.29, 0.717) is 0 Å². The third kappa shape index (κ3) is 2.02. The van der Waals surface area contributed by atoms with Crippen molar-refractivity contribution < 1.29 is 19.1 Å². The molecule has 6 nitrogen and oxygen atoms in total. The molecule has 0 aliphatic heterocycles. The third-order valence-corrected chi connectivity index (χ3v) is 1.53. The van der Waals surface area contributed by atoms with E-state index in [2.05, 4.69) is 4.98 Å². The molecule has 0 atom stereocenters. The SMILES string of the molecule is COCc1nc(C(=O)O)c(N(C)C)o1. The molecule has 1 heterocycles. The maximum atomic E-state index is 10.8. The average molecular weight is 200 g/mol. The summed E-state index contributed by atoms with van der Waals surface area (Å²) in [6.45, 7) is 0.161. The van der Waals surface area contributed by atoms with Crippen molar-refractivity contribution in [1.29, 1.82) is 0 Å². The van der Waals surface area contributed by atoms with E-state index >= 15 is 0 Å². The van der Waals surface area contributed by atoms with Crippen molar-refractivity contribution in [3.63, 3.8) is 0 Å². The molecule has 0 fully saturated rings. The largest absolute Gasteiger partial charge is 0.476 e. The summed E-state index contributed by atoms with van der Waals surface area (Å²) >= 11 is 0. The van der Waals surface area contributed by atoms with Crippen LogP contribution in [-0.2, 0) is 11.3 Å². The number of carboxylic acid groups (broad SMARTS) is 1. The molecule has 0 aliphatic rings. The standard InChI is InChI=1S/C8H12N2O4/c1-10(2)7-6(8(11)12)9-5(14-7)4-13-3/h4H2,1-3H3,(H,11,12).